The predicted octanol–water partition coefficient (Wildman–Crippen LogP) is 4.84. The summed E-state index contributed by atoms with van der Waals surface area (Å²) in [5.41, 5.74) is 6.86. The van der Waals surface area contributed by atoms with E-state index in [0.29, 0.717) is 23.6 Å². The van der Waals surface area contributed by atoms with Gasteiger partial charge in [-0.2, -0.15) is 5.10 Å². The Balaban J connectivity index is 1.45. The monoisotopic (exact) mass is 574 g/mol. The Bertz CT molecular complexity index is 1690. The van der Waals surface area contributed by atoms with E-state index in [2.05, 4.69) is 15.2 Å². The molecular formula is C30H30N4O6S. The first-order valence-electron chi connectivity index (χ1n) is 12.7. The SMILES string of the molecule is CCOC(=O)c1ccc(-n2c(C)cc(/C=N/NC(=O)c3cccc(S(=O)(=O)Nc4ccc(OC)cc4)c3)c2C)cc1. The van der Waals surface area contributed by atoms with Crippen molar-refractivity contribution in [2.75, 3.05) is 18.4 Å². The van der Waals surface area contributed by atoms with Gasteiger partial charge in [-0.3, -0.25) is 9.52 Å². The maximum Gasteiger partial charge on any atom is 0.338 e. The van der Waals surface area contributed by atoms with Crippen LogP contribution in [-0.4, -0.2) is 44.8 Å². The minimum Gasteiger partial charge on any atom is -0.497 e. The smallest absolute Gasteiger partial charge is 0.338 e. The first-order valence-corrected chi connectivity index (χ1v) is 14.2. The molecule has 0 saturated heterocycles. The van der Waals surface area contributed by atoms with Crippen molar-refractivity contribution in [1.82, 2.24) is 9.99 Å². The second-order valence-electron chi connectivity index (χ2n) is 8.99. The third-order valence-corrected chi connectivity index (χ3v) is 7.60. The third kappa shape index (κ3) is 6.82. The molecule has 4 rings (SSSR count). The highest BCUT2D eigenvalue weighted by atomic mass is 32.2. The Morgan fingerprint density at radius 2 is 1.66 bits per heavy atom. The van der Waals surface area contributed by atoms with E-state index in [9.17, 15) is 18.0 Å². The molecule has 212 valence electrons. The highest BCUT2D eigenvalue weighted by Gasteiger charge is 2.17. The molecule has 41 heavy (non-hydrogen) atoms. The second-order valence-corrected chi connectivity index (χ2v) is 10.7. The fourth-order valence-electron chi connectivity index (χ4n) is 4.18. The molecule has 11 heteroatoms. The molecule has 4 aromatic rings. The summed E-state index contributed by atoms with van der Waals surface area (Å²) in [6.45, 7) is 5.92. The fourth-order valence-corrected chi connectivity index (χ4v) is 5.28. The molecule has 2 N–H and O–H groups in total. The van der Waals surface area contributed by atoms with Crippen LogP contribution in [0.1, 0.15) is 44.6 Å². The Labute approximate surface area is 238 Å². The highest BCUT2D eigenvalue weighted by Crippen LogP contribution is 2.22. The van der Waals surface area contributed by atoms with Crippen LogP contribution in [0.15, 0.2) is 88.9 Å². The Morgan fingerprint density at radius 3 is 2.32 bits per heavy atom. The van der Waals surface area contributed by atoms with Crippen molar-refractivity contribution in [3.63, 3.8) is 0 Å². The maximum atomic E-state index is 12.9. The number of nitrogens with zero attached hydrogens (tertiary/aromatic N) is 2. The summed E-state index contributed by atoms with van der Waals surface area (Å²) in [6.07, 6.45) is 1.52. The van der Waals surface area contributed by atoms with Crippen molar-refractivity contribution in [3.8, 4) is 11.4 Å². The number of amides is 1. The molecule has 0 aliphatic heterocycles. The number of methoxy groups -OCH3 is 1. The first kappa shape index (κ1) is 29.1. The van der Waals surface area contributed by atoms with E-state index in [4.69, 9.17) is 9.47 Å². The highest BCUT2D eigenvalue weighted by molar-refractivity contribution is 7.92. The van der Waals surface area contributed by atoms with Gasteiger partial charge in [0, 0.05) is 33.9 Å². The van der Waals surface area contributed by atoms with Crippen LogP contribution in [0.3, 0.4) is 0 Å². The number of hydrazone groups is 1. The summed E-state index contributed by atoms with van der Waals surface area (Å²) in [5.74, 6) is -0.343. The Kier molecular flexibility index (Phi) is 8.88. The molecule has 0 radical (unpaired) electrons. The van der Waals surface area contributed by atoms with Crippen LogP contribution in [0.5, 0.6) is 5.75 Å². The van der Waals surface area contributed by atoms with Gasteiger partial charge in [0.15, 0.2) is 0 Å². The standard InChI is InChI=1S/C30H30N4O6S/c1-5-40-30(36)22-9-13-26(14-10-22)34-20(2)17-24(21(34)3)19-31-32-29(35)23-7-6-8-28(18-23)41(37,38)33-25-11-15-27(39-4)16-12-25/h6-19,33H,5H2,1-4H3,(H,32,35)/b31-19+. The van der Waals surface area contributed by atoms with Gasteiger partial charge in [0.05, 0.1) is 30.4 Å². The van der Waals surface area contributed by atoms with E-state index < -0.39 is 15.9 Å². The number of benzene rings is 3. The quantitative estimate of drug-likeness (QED) is 0.158. The molecular weight excluding hydrogens is 544 g/mol. The summed E-state index contributed by atoms with van der Waals surface area (Å²) >= 11 is 0. The number of ether oxygens (including phenoxy) is 2. The van der Waals surface area contributed by atoms with E-state index in [1.165, 1.54) is 37.6 Å². The average Bonchev–Trinajstić information content (AvgIpc) is 3.25. The molecule has 1 amide bonds. The molecule has 1 aromatic heterocycles. The molecule has 0 fully saturated rings. The van der Waals surface area contributed by atoms with E-state index >= 15 is 0 Å². The summed E-state index contributed by atoms with van der Waals surface area (Å²) in [5, 5.41) is 4.08. The summed E-state index contributed by atoms with van der Waals surface area (Å²) < 4.78 is 40.4. The van der Waals surface area contributed by atoms with Gasteiger partial charge in [0.2, 0.25) is 0 Å². The van der Waals surface area contributed by atoms with Crippen molar-refractivity contribution in [1.29, 1.82) is 0 Å². The lowest BCUT2D eigenvalue weighted by Crippen LogP contribution is -2.19. The van der Waals surface area contributed by atoms with Gasteiger partial charge in [0.1, 0.15) is 5.75 Å². The van der Waals surface area contributed by atoms with Gasteiger partial charge in [-0.05, 0) is 93.6 Å². The van der Waals surface area contributed by atoms with Crippen LogP contribution < -0.4 is 14.9 Å². The number of aromatic nitrogens is 1. The number of carbonyl (C=O) groups excluding carboxylic acids is 2. The number of esters is 1. The van der Waals surface area contributed by atoms with Crippen molar-refractivity contribution in [3.05, 3.63) is 107 Å². The minimum absolute atomic E-state index is 0.0672. The minimum atomic E-state index is -3.93. The van der Waals surface area contributed by atoms with E-state index in [0.717, 1.165) is 22.6 Å². The van der Waals surface area contributed by atoms with Gasteiger partial charge in [-0.1, -0.05) is 6.07 Å². The van der Waals surface area contributed by atoms with E-state index in [-0.39, 0.29) is 16.4 Å². The van der Waals surface area contributed by atoms with Crippen LogP contribution in [-0.2, 0) is 14.8 Å². The van der Waals surface area contributed by atoms with Crippen LogP contribution in [0.4, 0.5) is 5.69 Å². The molecule has 0 spiro atoms. The number of aryl methyl sites for hydroxylation is 1. The van der Waals surface area contributed by atoms with Crippen molar-refractivity contribution >= 4 is 33.8 Å². The first-order chi connectivity index (χ1) is 19.6. The molecule has 0 aliphatic rings. The van der Waals surface area contributed by atoms with Crippen molar-refractivity contribution in [2.24, 2.45) is 5.10 Å². The van der Waals surface area contributed by atoms with E-state index in [1.54, 1.807) is 43.3 Å². The van der Waals surface area contributed by atoms with Crippen LogP contribution in [0, 0.1) is 13.8 Å². The van der Waals surface area contributed by atoms with Crippen molar-refractivity contribution in [2.45, 2.75) is 25.7 Å². The normalized spacial score (nSPS) is 11.3. The summed E-state index contributed by atoms with van der Waals surface area (Å²) in [4.78, 5) is 24.6. The summed E-state index contributed by atoms with van der Waals surface area (Å²) in [6, 6.07) is 21.1. The van der Waals surface area contributed by atoms with Crippen LogP contribution in [0.2, 0.25) is 0 Å². The lowest BCUT2D eigenvalue weighted by Gasteiger charge is -2.10. The molecule has 0 aliphatic carbocycles. The molecule has 0 unspecified atom stereocenters. The zero-order valence-electron chi connectivity index (χ0n) is 23.0. The van der Waals surface area contributed by atoms with E-state index in [1.807, 2.05) is 36.6 Å². The van der Waals surface area contributed by atoms with Crippen molar-refractivity contribution < 1.29 is 27.5 Å². The molecule has 0 saturated carbocycles. The van der Waals surface area contributed by atoms with Gasteiger partial charge in [-0.15, -0.1) is 0 Å². The number of nitrogens with one attached hydrogen (secondary N) is 2. The average molecular weight is 575 g/mol. The second kappa shape index (κ2) is 12.5. The third-order valence-electron chi connectivity index (χ3n) is 6.23. The van der Waals surface area contributed by atoms with Gasteiger partial charge in [-0.25, -0.2) is 18.6 Å². The largest absolute Gasteiger partial charge is 0.497 e. The number of rotatable bonds is 10. The number of sulfonamides is 1. The zero-order chi connectivity index (χ0) is 29.6. The van der Waals surface area contributed by atoms with Crippen LogP contribution in [0.25, 0.3) is 5.69 Å². The molecule has 10 nitrogen and oxygen atoms in total. The topological polar surface area (TPSA) is 128 Å². The molecule has 1 heterocycles. The number of carbonyl (C=O) groups is 2. The number of hydrogen-bond acceptors (Lipinski definition) is 7. The molecule has 0 atom stereocenters. The van der Waals surface area contributed by atoms with Gasteiger partial charge in [0.25, 0.3) is 15.9 Å². The Hall–Kier alpha value is -4.90. The van der Waals surface area contributed by atoms with Gasteiger partial charge >= 0.3 is 5.97 Å². The number of hydrogen-bond donors (Lipinski definition) is 2. The maximum absolute atomic E-state index is 12.9. The summed E-state index contributed by atoms with van der Waals surface area (Å²) in [7, 11) is -2.41. The zero-order valence-corrected chi connectivity index (χ0v) is 23.9. The van der Waals surface area contributed by atoms with Gasteiger partial charge < -0.3 is 14.0 Å². The number of anilines is 1. The predicted molar refractivity (Wildman–Crippen MR) is 157 cm³/mol. The Morgan fingerprint density at radius 1 is 0.951 bits per heavy atom. The lowest BCUT2D eigenvalue weighted by atomic mass is 10.2. The molecule has 0 bridgehead atoms. The van der Waals surface area contributed by atoms with Crippen LogP contribution >= 0.6 is 0 Å². The fraction of sp³-hybridized carbons (Fsp3) is 0.167. The molecule has 3 aromatic carbocycles. The lowest BCUT2D eigenvalue weighted by molar-refractivity contribution is 0.0526.